The Hall–Kier alpha value is -2.77. The van der Waals surface area contributed by atoms with E-state index in [1.807, 2.05) is 23.1 Å². The van der Waals surface area contributed by atoms with E-state index in [1.54, 1.807) is 0 Å². The Morgan fingerprint density at radius 2 is 2.00 bits per heavy atom. The smallest absolute Gasteiger partial charge is 0.113 e. The zero-order valence-corrected chi connectivity index (χ0v) is 18.9. The van der Waals surface area contributed by atoms with Crippen molar-refractivity contribution in [1.82, 2.24) is 24.9 Å². The molecule has 0 bridgehead atoms. The highest BCUT2D eigenvalue weighted by Crippen LogP contribution is 2.27. The van der Waals surface area contributed by atoms with Crippen molar-refractivity contribution in [2.45, 2.75) is 45.4 Å². The lowest BCUT2D eigenvalue weighted by molar-refractivity contribution is 0.00370. The molecule has 5 rings (SSSR count). The minimum Gasteiger partial charge on any atom is -0.376 e. The molecule has 2 aromatic heterocycles. The van der Waals surface area contributed by atoms with Crippen LogP contribution in [0.1, 0.15) is 30.4 Å². The number of hydrogen-bond acceptors (Lipinski definition) is 6. The first-order chi connectivity index (χ1) is 15.7. The molecule has 168 valence electrons. The van der Waals surface area contributed by atoms with Crippen molar-refractivity contribution in [3.8, 4) is 11.3 Å². The van der Waals surface area contributed by atoms with E-state index < -0.39 is 0 Å². The second-order valence-corrected chi connectivity index (χ2v) is 8.94. The third-order valence-electron chi connectivity index (χ3n) is 6.56. The zero-order valence-electron chi connectivity index (χ0n) is 18.9. The lowest BCUT2D eigenvalue weighted by atomic mass is 10.0. The summed E-state index contributed by atoms with van der Waals surface area (Å²) in [6.45, 7) is 8.99. The number of nitrogens with zero attached hydrogens (tertiary/aromatic N) is 6. The molecule has 0 saturated carbocycles. The van der Waals surface area contributed by atoms with Crippen molar-refractivity contribution in [2.75, 3.05) is 37.7 Å². The fourth-order valence-corrected chi connectivity index (χ4v) is 4.72. The number of rotatable bonds is 6. The molecule has 4 heterocycles. The molecule has 0 radical (unpaired) electrons. The van der Waals surface area contributed by atoms with Crippen molar-refractivity contribution in [3.05, 3.63) is 60.0 Å². The topological polar surface area (TPSA) is 59.3 Å². The molecule has 2 fully saturated rings. The van der Waals surface area contributed by atoms with Gasteiger partial charge in [-0.3, -0.25) is 9.88 Å². The molecule has 7 nitrogen and oxygen atoms in total. The fourth-order valence-electron chi connectivity index (χ4n) is 4.72. The third kappa shape index (κ3) is 5.00. The minimum absolute atomic E-state index is 0.263. The first kappa shape index (κ1) is 21.1. The quantitative estimate of drug-likeness (QED) is 0.594. The average molecular weight is 433 g/mol. The maximum absolute atomic E-state index is 5.84. The summed E-state index contributed by atoms with van der Waals surface area (Å²) in [5.41, 5.74) is 5.90. The van der Waals surface area contributed by atoms with Gasteiger partial charge in [0.1, 0.15) is 5.69 Å². The molecule has 0 N–H and O–H groups in total. The van der Waals surface area contributed by atoms with Crippen LogP contribution in [0.15, 0.2) is 48.9 Å². The van der Waals surface area contributed by atoms with E-state index in [0.29, 0.717) is 0 Å². The molecule has 2 aliphatic heterocycles. The summed E-state index contributed by atoms with van der Waals surface area (Å²) in [6.07, 6.45) is 9.63. The molecule has 3 aromatic rings. The van der Waals surface area contributed by atoms with Gasteiger partial charge in [0.15, 0.2) is 0 Å². The van der Waals surface area contributed by atoms with Crippen molar-refractivity contribution in [2.24, 2.45) is 0 Å². The average Bonchev–Trinajstić information content (AvgIpc) is 3.29. The largest absolute Gasteiger partial charge is 0.376 e. The van der Waals surface area contributed by atoms with Crippen LogP contribution in [0.5, 0.6) is 0 Å². The van der Waals surface area contributed by atoms with Crippen LogP contribution in [-0.2, 0) is 17.8 Å². The molecule has 2 saturated heterocycles. The van der Waals surface area contributed by atoms with Gasteiger partial charge in [0, 0.05) is 63.0 Å². The predicted octanol–water partition coefficient (Wildman–Crippen LogP) is 3.54. The van der Waals surface area contributed by atoms with Crippen molar-refractivity contribution in [1.29, 1.82) is 0 Å². The summed E-state index contributed by atoms with van der Waals surface area (Å²) in [6, 6.07) is 10.9. The number of pyridine rings is 1. The number of hydrogen-bond donors (Lipinski definition) is 0. The SMILES string of the molecule is Cc1cc(N2CCN(Cc3cccnc3)CC2)ccc1-c1cn(CC2CCCCO2)nn1. The molecule has 0 spiro atoms. The summed E-state index contributed by atoms with van der Waals surface area (Å²) < 4.78 is 7.77. The summed E-state index contributed by atoms with van der Waals surface area (Å²) in [4.78, 5) is 9.21. The molecule has 1 atom stereocenters. The van der Waals surface area contributed by atoms with E-state index in [0.717, 1.165) is 63.6 Å². The van der Waals surface area contributed by atoms with Gasteiger partial charge in [0.05, 0.1) is 18.8 Å². The van der Waals surface area contributed by atoms with Gasteiger partial charge in [0.2, 0.25) is 0 Å². The Morgan fingerprint density at radius 3 is 2.75 bits per heavy atom. The number of benzene rings is 1. The second-order valence-electron chi connectivity index (χ2n) is 8.94. The highest BCUT2D eigenvalue weighted by Gasteiger charge is 2.19. The molecule has 0 amide bonds. The highest BCUT2D eigenvalue weighted by molar-refractivity contribution is 5.67. The Balaban J connectivity index is 1.19. The molecular weight excluding hydrogens is 400 g/mol. The standard InChI is InChI=1S/C25H32N6O/c1-20-15-22(30-12-10-29(11-13-30)17-21-5-4-9-26-16-21)7-8-24(20)25-19-31(28-27-25)18-23-6-2-3-14-32-23/h4-5,7-9,15-16,19,23H,2-3,6,10-14,17-18H2,1H3. The van der Waals surface area contributed by atoms with Crippen LogP contribution in [0.2, 0.25) is 0 Å². The highest BCUT2D eigenvalue weighted by atomic mass is 16.5. The van der Waals surface area contributed by atoms with Gasteiger partial charge >= 0.3 is 0 Å². The van der Waals surface area contributed by atoms with Crippen LogP contribution in [-0.4, -0.2) is 63.8 Å². The van der Waals surface area contributed by atoms with E-state index in [4.69, 9.17) is 4.74 Å². The number of piperazine rings is 1. The maximum atomic E-state index is 5.84. The first-order valence-corrected chi connectivity index (χ1v) is 11.7. The normalized spacial score (nSPS) is 19.9. The molecule has 2 aliphatic rings. The van der Waals surface area contributed by atoms with E-state index in [2.05, 4.69) is 62.5 Å². The molecule has 1 unspecified atom stereocenters. The van der Waals surface area contributed by atoms with Crippen LogP contribution in [0.4, 0.5) is 5.69 Å². The van der Waals surface area contributed by atoms with E-state index >= 15 is 0 Å². The fraction of sp³-hybridized carbons (Fsp3) is 0.480. The summed E-state index contributed by atoms with van der Waals surface area (Å²) in [7, 11) is 0. The van der Waals surface area contributed by atoms with Crippen molar-refractivity contribution in [3.63, 3.8) is 0 Å². The monoisotopic (exact) mass is 432 g/mol. The van der Waals surface area contributed by atoms with Gasteiger partial charge in [0.25, 0.3) is 0 Å². The lowest BCUT2D eigenvalue weighted by Gasteiger charge is -2.36. The maximum Gasteiger partial charge on any atom is 0.113 e. The molecular formula is C25H32N6O. The second kappa shape index (κ2) is 9.79. The number of ether oxygens (including phenoxy) is 1. The van der Waals surface area contributed by atoms with Crippen LogP contribution in [0.3, 0.4) is 0 Å². The third-order valence-corrected chi connectivity index (χ3v) is 6.56. The molecule has 32 heavy (non-hydrogen) atoms. The lowest BCUT2D eigenvalue weighted by Crippen LogP contribution is -2.46. The molecule has 1 aromatic carbocycles. The Kier molecular flexibility index (Phi) is 6.46. The van der Waals surface area contributed by atoms with Gasteiger partial charge in [-0.05, 0) is 55.5 Å². The molecule has 7 heteroatoms. The van der Waals surface area contributed by atoms with Gasteiger partial charge < -0.3 is 9.64 Å². The van der Waals surface area contributed by atoms with Crippen molar-refractivity contribution < 1.29 is 4.74 Å². The Morgan fingerprint density at radius 1 is 1.09 bits per heavy atom. The summed E-state index contributed by atoms with van der Waals surface area (Å²) in [5, 5.41) is 8.79. The van der Waals surface area contributed by atoms with Gasteiger partial charge in [-0.2, -0.15) is 0 Å². The minimum atomic E-state index is 0.263. The van der Waals surface area contributed by atoms with Crippen LogP contribution >= 0.6 is 0 Å². The zero-order chi connectivity index (χ0) is 21.8. The number of aromatic nitrogens is 4. The summed E-state index contributed by atoms with van der Waals surface area (Å²) in [5.74, 6) is 0. The number of anilines is 1. The van der Waals surface area contributed by atoms with Crippen LogP contribution < -0.4 is 4.90 Å². The van der Waals surface area contributed by atoms with Gasteiger partial charge in [-0.1, -0.05) is 17.3 Å². The molecule has 0 aliphatic carbocycles. The van der Waals surface area contributed by atoms with Gasteiger partial charge in [-0.15, -0.1) is 5.10 Å². The van der Waals surface area contributed by atoms with Gasteiger partial charge in [-0.25, -0.2) is 4.68 Å². The van der Waals surface area contributed by atoms with Crippen molar-refractivity contribution >= 4 is 5.69 Å². The Bertz CT molecular complexity index is 1010. The van der Waals surface area contributed by atoms with Crippen LogP contribution in [0.25, 0.3) is 11.3 Å². The first-order valence-electron chi connectivity index (χ1n) is 11.7. The van der Waals surface area contributed by atoms with E-state index in [1.165, 1.54) is 29.7 Å². The Labute approximate surface area is 190 Å². The predicted molar refractivity (Wildman–Crippen MR) is 126 cm³/mol. The number of aryl methyl sites for hydroxylation is 1. The van der Waals surface area contributed by atoms with E-state index in [-0.39, 0.29) is 6.10 Å². The van der Waals surface area contributed by atoms with E-state index in [9.17, 15) is 0 Å². The summed E-state index contributed by atoms with van der Waals surface area (Å²) >= 11 is 0. The van der Waals surface area contributed by atoms with Crippen LogP contribution in [0, 0.1) is 6.92 Å².